The molecule has 0 saturated heterocycles. The van der Waals surface area contributed by atoms with Gasteiger partial charge in [0, 0.05) is 25.7 Å². The van der Waals surface area contributed by atoms with E-state index in [-0.39, 0.29) is 25.7 Å². The molecule has 0 amide bonds. The largest absolute Gasteiger partial charge is 0.472 e. The number of phosphoric ester groups is 2. The number of rotatable bonds is 76. The molecule has 0 aromatic carbocycles. The van der Waals surface area contributed by atoms with Crippen LogP contribution in [0.1, 0.15) is 362 Å². The first-order chi connectivity index (χ1) is 48.7. The van der Waals surface area contributed by atoms with Crippen LogP contribution in [-0.4, -0.2) is 96.7 Å². The van der Waals surface area contributed by atoms with Gasteiger partial charge in [-0.15, -0.1) is 0 Å². The summed E-state index contributed by atoms with van der Waals surface area (Å²) in [5.74, 6) is -2.17. The van der Waals surface area contributed by atoms with E-state index in [0.29, 0.717) is 25.7 Å². The van der Waals surface area contributed by atoms with Crippen LogP contribution in [0.4, 0.5) is 0 Å². The van der Waals surface area contributed by atoms with Crippen molar-refractivity contribution in [3.05, 3.63) is 72.9 Å². The van der Waals surface area contributed by atoms with Crippen molar-refractivity contribution >= 4 is 39.5 Å². The number of allylic oxidation sites excluding steroid dienone is 12. The molecule has 0 spiro atoms. The van der Waals surface area contributed by atoms with Gasteiger partial charge in [0.1, 0.15) is 19.3 Å². The Labute approximate surface area is 609 Å². The number of carbonyl (C=O) groups is 4. The minimum atomic E-state index is -4.98. The van der Waals surface area contributed by atoms with Crippen LogP contribution in [0.3, 0.4) is 0 Å². The van der Waals surface area contributed by atoms with Crippen LogP contribution in [0.15, 0.2) is 72.9 Å². The topological polar surface area (TPSA) is 237 Å². The third kappa shape index (κ3) is 72.8. The lowest BCUT2D eigenvalue weighted by Crippen LogP contribution is -2.30. The normalized spacial score (nSPS) is 14.3. The second-order valence-electron chi connectivity index (χ2n) is 27.0. The summed E-state index contributed by atoms with van der Waals surface area (Å²) in [6.45, 7) is 4.83. The SMILES string of the molecule is CCCCC/C=C\C/C=C\C/C=C\CCCCCCCCC(=O)OCC(COP(=O)(O)OCC(O)COP(=O)(O)OCC(COC(=O)CCCCCCCCCCCCC)OC(=O)CCCCCCCCCCCCC)OC(=O)CCCCCCCC/C=C\C/C=C\C/C=C\CCCCC. The predicted molar refractivity (Wildman–Crippen MR) is 409 cm³/mol. The van der Waals surface area contributed by atoms with E-state index < -0.39 is 97.5 Å². The minimum Gasteiger partial charge on any atom is -0.462 e. The number of unbranched alkanes of at least 4 members (excludes halogenated alkanes) is 38. The lowest BCUT2D eigenvalue weighted by Gasteiger charge is -2.21. The van der Waals surface area contributed by atoms with Crippen molar-refractivity contribution in [2.45, 2.75) is 380 Å². The second-order valence-corrected chi connectivity index (χ2v) is 29.9. The Bertz CT molecular complexity index is 2180. The zero-order valence-corrected chi connectivity index (χ0v) is 65.4. The van der Waals surface area contributed by atoms with Crippen LogP contribution in [0, 0.1) is 0 Å². The number of phosphoric acid groups is 2. The highest BCUT2D eigenvalue weighted by Gasteiger charge is 2.30. The van der Waals surface area contributed by atoms with Gasteiger partial charge in [0.25, 0.3) is 0 Å². The van der Waals surface area contributed by atoms with E-state index in [4.69, 9.17) is 37.0 Å². The van der Waals surface area contributed by atoms with Crippen molar-refractivity contribution in [2.75, 3.05) is 39.6 Å². The van der Waals surface area contributed by atoms with E-state index in [1.54, 1.807) is 0 Å². The molecule has 0 aromatic rings. The highest BCUT2D eigenvalue weighted by molar-refractivity contribution is 7.47. The number of ether oxygens (including phenoxy) is 4. The highest BCUT2D eigenvalue weighted by atomic mass is 31.2. The van der Waals surface area contributed by atoms with Gasteiger partial charge in [-0.05, 0) is 103 Å². The minimum absolute atomic E-state index is 0.0799. The molecule has 19 heteroatoms. The molecule has 0 saturated carbocycles. The Morgan fingerprint density at radius 1 is 0.280 bits per heavy atom. The fraction of sp³-hybridized carbons (Fsp3) is 0.802. The average molecular weight is 1450 g/mol. The molecular formula is C81H146O17P2. The molecule has 0 aliphatic rings. The number of esters is 4. The monoisotopic (exact) mass is 1450 g/mol. The molecule has 5 atom stereocenters. The van der Waals surface area contributed by atoms with Gasteiger partial charge in [-0.25, -0.2) is 9.13 Å². The third-order valence-corrected chi connectivity index (χ3v) is 19.1. The summed E-state index contributed by atoms with van der Waals surface area (Å²) in [7, 11) is -9.94. The average Bonchev–Trinajstić information content (AvgIpc) is 1.06. The summed E-state index contributed by atoms with van der Waals surface area (Å²) in [6.07, 6.45) is 74.5. The Morgan fingerprint density at radius 3 is 0.770 bits per heavy atom. The highest BCUT2D eigenvalue weighted by Crippen LogP contribution is 2.45. The molecule has 0 aliphatic heterocycles. The summed E-state index contributed by atoms with van der Waals surface area (Å²) in [5.41, 5.74) is 0. The van der Waals surface area contributed by atoms with E-state index in [2.05, 4.69) is 101 Å². The Kier molecular flexibility index (Phi) is 71.2. The molecule has 0 aliphatic carbocycles. The molecule has 0 fully saturated rings. The van der Waals surface area contributed by atoms with Gasteiger partial charge in [-0.1, -0.05) is 306 Å². The molecule has 582 valence electrons. The first-order valence-electron chi connectivity index (χ1n) is 40.2. The van der Waals surface area contributed by atoms with Crippen molar-refractivity contribution in [3.63, 3.8) is 0 Å². The fourth-order valence-electron chi connectivity index (χ4n) is 11.0. The maximum atomic E-state index is 13.1. The van der Waals surface area contributed by atoms with Gasteiger partial charge in [-0.2, -0.15) is 0 Å². The molecule has 0 rings (SSSR count). The zero-order chi connectivity index (χ0) is 73.2. The number of hydrogen-bond donors (Lipinski definition) is 3. The van der Waals surface area contributed by atoms with Crippen molar-refractivity contribution in [1.29, 1.82) is 0 Å². The third-order valence-electron chi connectivity index (χ3n) is 17.2. The van der Waals surface area contributed by atoms with E-state index in [0.717, 1.165) is 161 Å². The van der Waals surface area contributed by atoms with Gasteiger partial charge in [0.15, 0.2) is 12.2 Å². The molecule has 0 heterocycles. The van der Waals surface area contributed by atoms with Gasteiger partial charge in [0.2, 0.25) is 0 Å². The van der Waals surface area contributed by atoms with Gasteiger partial charge >= 0.3 is 39.5 Å². The van der Waals surface area contributed by atoms with E-state index in [9.17, 15) is 43.2 Å². The molecule has 0 bridgehead atoms. The Hall–Kier alpha value is -3.50. The van der Waals surface area contributed by atoms with Crippen molar-refractivity contribution in [1.82, 2.24) is 0 Å². The predicted octanol–water partition coefficient (Wildman–Crippen LogP) is 23.2. The molecule has 0 radical (unpaired) electrons. The van der Waals surface area contributed by atoms with E-state index >= 15 is 0 Å². The van der Waals surface area contributed by atoms with Crippen molar-refractivity contribution < 1.29 is 80.2 Å². The maximum Gasteiger partial charge on any atom is 0.472 e. The summed E-state index contributed by atoms with van der Waals surface area (Å²) in [6, 6.07) is 0. The van der Waals surface area contributed by atoms with Crippen LogP contribution in [0.25, 0.3) is 0 Å². The van der Waals surface area contributed by atoms with E-state index in [1.807, 2.05) is 0 Å². The van der Waals surface area contributed by atoms with Crippen LogP contribution in [0.2, 0.25) is 0 Å². The summed E-state index contributed by atoms with van der Waals surface area (Å²) < 4.78 is 68.5. The molecule has 0 aromatic heterocycles. The first kappa shape index (κ1) is 96.5. The maximum absolute atomic E-state index is 13.1. The molecular weight excluding hydrogens is 1310 g/mol. The van der Waals surface area contributed by atoms with Crippen molar-refractivity contribution in [2.24, 2.45) is 0 Å². The number of aliphatic hydroxyl groups is 1. The van der Waals surface area contributed by atoms with Crippen LogP contribution < -0.4 is 0 Å². The molecule has 5 unspecified atom stereocenters. The second kappa shape index (κ2) is 73.8. The Morgan fingerprint density at radius 2 is 0.490 bits per heavy atom. The van der Waals surface area contributed by atoms with Gasteiger partial charge in [0.05, 0.1) is 26.4 Å². The number of aliphatic hydroxyl groups excluding tert-OH is 1. The van der Waals surface area contributed by atoms with Crippen LogP contribution in [0.5, 0.6) is 0 Å². The van der Waals surface area contributed by atoms with E-state index in [1.165, 1.54) is 122 Å². The number of carbonyl (C=O) groups excluding carboxylic acids is 4. The Balaban J connectivity index is 5.32. The van der Waals surface area contributed by atoms with Crippen molar-refractivity contribution in [3.8, 4) is 0 Å². The molecule has 3 N–H and O–H groups in total. The zero-order valence-electron chi connectivity index (χ0n) is 63.6. The standard InChI is InChI=1S/C81H146O17P2/c1-5-9-13-17-21-25-29-31-33-35-37-39-41-43-47-50-54-58-62-66-79(84)92-72-77(98-81(86)68-64-60-56-52-48-44-42-40-38-36-34-32-30-26-22-18-14-10-6-2)74-96-100(89,90)94-70-75(82)69-93-99(87,88)95-73-76(97-80(85)67-63-59-55-51-46-28-24-20-16-12-8-4)71-91-78(83)65-61-57-53-49-45-27-23-19-15-11-7-3/h21-22,25-26,31-34,37-40,75-77,82H,5-20,23-24,27-30,35-36,41-74H2,1-4H3,(H,87,88)(H,89,90)/b25-21-,26-22-,33-31-,34-32-,39-37-,40-38-. The van der Waals surface area contributed by atoms with Crippen LogP contribution >= 0.6 is 15.6 Å². The smallest absolute Gasteiger partial charge is 0.462 e. The summed E-state index contributed by atoms with van der Waals surface area (Å²) in [4.78, 5) is 72.9. The summed E-state index contributed by atoms with van der Waals surface area (Å²) in [5, 5.41) is 10.6. The first-order valence-corrected chi connectivity index (χ1v) is 43.2. The van der Waals surface area contributed by atoms with Gasteiger partial charge in [-0.3, -0.25) is 37.3 Å². The fourth-order valence-corrected chi connectivity index (χ4v) is 12.6. The summed E-state index contributed by atoms with van der Waals surface area (Å²) >= 11 is 0. The van der Waals surface area contributed by atoms with Gasteiger partial charge < -0.3 is 33.8 Å². The quantitative estimate of drug-likeness (QED) is 0.0169. The van der Waals surface area contributed by atoms with Crippen LogP contribution in [-0.2, 0) is 65.4 Å². The molecule has 17 nitrogen and oxygen atoms in total. The lowest BCUT2D eigenvalue weighted by atomic mass is 10.1. The number of hydrogen-bond acceptors (Lipinski definition) is 15. The lowest BCUT2D eigenvalue weighted by molar-refractivity contribution is -0.161. The molecule has 100 heavy (non-hydrogen) atoms.